The molecule has 0 saturated carbocycles. The molecule has 1 saturated heterocycles. The molecule has 5 N–H and O–H groups in total. The van der Waals surface area contributed by atoms with Gasteiger partial charge in [-0.25, -0.2) is 0 Å². The number of hydrogen-bond acceptors (Lipinski definition) is 3. The lowest BCUT2D eigenvalue weighted by Gasteiger charge is -2.29. The predicted octanol–water partition coefficient (Wildman–Crippen LogP) is -0.645. The molecule has 4 heteroatoms. The van der Waals surface area contributed by atoms with E-state index in [0.717, 1.165) is 13.0 Å². The average molecular weight is 194 g/mol. The summed E-state index contributed by atoms with van der Waals surface area (Å²) in [7, 11) is 0. The summed E-state index contributed by atoms with van der Waals surface area (Å²) in [4.78, 5) is 0.493. The lowest BCUT2D eigenvalue weighted by Crippen LogP contribution is -2.57. The van der Waals surface area contributed by atoms with Gasteiger partial charge in [0.15, 0.2) is 0 Å². The summed E-state index contributed by atoms with van der Waals surface area (Å²) in [5, 5.41) is 3.09. The summed E-state index contributed by atoms with van der Waals surface area (Å²) in [5.74, 6) is 0. The molecule has 3 unspecified atom stereocenters. The van der Waals surface area contributed by atoms with E-state index in [-0.39, 0.29) is 12.2 Å². The molecule has 1 heterocycles. The number of halogens is 1. The first kappa shape index (κ1) is 7.47. The van der Waals surface area contributed by atoms with Crippen LogP contribution in [-0.4, -0.2) is 23.6 Å². The van der Waals surface area contributed by atoms with Crippen molar-refractivity contribution in [2.75, 3.05) is 6.54 Å². The molecule has 0 aromatic rings. The number of piperidine rings is 1. The Kier molecular flexibility index (Phi) is 2.46. The van der Waals surface area contributed by atoms with Gasteiger partial charge in [0, 0.05) is 17.4 Å². The third-order valence-corrected chi connectivity index (χ3v) is 2.26. The van der Waals surface area contributed by atoms with Gasteiger partial charge in [-0.15, -0.1) is 0 Å². The normalized spacial score (nSPS) is 45.0. The van der Waals surface area contributed by atoms with Gasteiger partial charge < -0.3 is 11.5 Å². The maximum absolute atomic E-state index is 5.65. The van der Waals surface area contributed by atoms with Crippen molar-refractivity contribution in [1.29, 1.82) is 0 Å². The van der Waals surface area contributed by atoms with Gasteiger partial charge in [0.05, 0.1) is 6.17 Å². The third-order valence-electron chi connectivity index (χ3n) is 1.56. The fraction of sp³-hybridized carbons (Fsp3) is 1.00. The van der Waals surface area contributed by atoms with Crippen molar-refractivity contribution in [2.24, 2.45) is 11.5 Å². The molecule has 9 heavy (non-hydrogen) atoms. The highest BCUT2D eigenvalue weighted by Gasteiger charge is 2.22. The molecule has 0 radical (unpaired) electrons. The van der Waals surface area contributed by atoms with E-state index in [4.69, 9.17) is 11.5 Å². The van der Waals surface area contributed by atoms with Gasteiger partial charge in [0.2, 0.25) is 0 Å². The van der Waals surface area contributed by atoms with E-state index in [1.54, 1.807) is 0 Å². The number of hydrogen-bond donors (Lipinski definition) is 3. The molecule has 0 aromatic heterocycles. The van der Waals surface area contributed by atoms with Crippen molar-refractivity contribution in [3.05, 3.63) is 0 Å². The molecule has 1 fully saturated rings. The Balaban J connectivity index is 2.35. The molecule has 1 aliphatic heterocycles. The van der Waals surface area contributed by atoms with Crippen molar-refractivity contribution in [1.82, 2.24) is 5.32 Å². The zero-order valence-corrected chi connectivity index (χ0v) is 6.76. The van der Waals surface area contributed by atoms with Crippen molar-refractivity contribution in [3.63, 3.8) is 0 Å². The van der Waals surface area contributed by atoms with E-state index in [0.29, 0.717) is 4.83 Å². The molecule has 54 valence electrons. The van der Waals surface area contributed by atoms with Gasteiger partial charge >= 0.3 is 0 Å². The van der Waals surface area contributed by atoms with Crippen molar-refractivity contribution >= 4 is 15.9 Å². The summed E-state index contributed by atoms with van der Waals surface area (Å²) in [6, 6.07) is 0.100. The van der Waals surface area contributed by atoms with Crippen LogP contribution in [0.2, 0.25) is 0 Å². The second kappa shape index (κ2) is 2.96. The topological polar surface area (TPSA) is 64.1 Å². The molecule has 3 atom stereocenters. The highest BCUT2D eigenvalue weighted by Crippen LogP contribution is 2.11. The number of rotatable bonds is 0. The summed E-state index contributed by atoms with van der Waals surface area (Å²) in [6.07, 6.45) is 0.951. The fourth-order valence-corrected chi connectivity index (χ4v) is 1.56. The van der Waals surface area contributed by atoms with E-state index < -0.39 is 0 Å². The highest BCUT2D eigenvalue weighted by atomic mass is 79.9. The number of alkyl halides is 1. The van der Waals surface area contributed by atoms with Crippen LogP contribution in [0.4, 0.5) is 0 Å². The van der Waals surface area contributed by atoms with Gasteiger partial charge in [-0.1, -0.05) is 15.9 Å². The smallest absolute Gasteiger partial charge is 0.0703 e. The van der Waals surface area contributed by atoms with Crippen LogP contribution >= 0.6 is 15.9 Å². The monoisotopic (exact) mass is 193 g/mol. The Labute approximate surface area is 63.3 Å². The van der Waals surface area contributed by atoms with Crippen LogP contribution in [-0.2, 0) is 0 Å². The van der Waals surface area contributed by atoms with Crippen LogP contribution in [0.5, 0.6) is 0 Å². The van der Waals surface area contributed by atoms with Crippen molar-refractivity contribution in [2.45, 2.75) is 23.5 Å². The number of nitrogens with one attached hydrogen (secondary N) is 1. The second-order valence-corrected chi connectivity index (χ2v) is 3.73. The summed E-state index contributed by atoms with van der Waals surface area (Å²) < 4.78 is 0. The summed E-state index contributed by atoms with van der Waals surface area (Å²) in [6.45, 7) is 0.925. The standard InChI is InChI=1S/C5H12BrN3/c6-3-1-4(7)5(8)9-2-3/h3-5,9H,1-2,7-8H2. The maximum Gasteiger partial charge on any atom is 0.0703 e. The summed E-state index contributed by atoms with van der Waals surface area (Å²) in [5.41, 5.74) is 11.2. The van der Waals surface area contributed by atoms with Gasteiger partial charge in [-0.05, 0) is 6.42 Å². The average Bonchev–Trinajstić information content (AvgIpc) is 1.80. The molecule has 3 nitrogen and oxygen atoms in total. The van der Waals surface area contributed by atoms with Crippen molar-refractivity contribution < 1.29 is 0 Å². The Morgan fingerprint density at radius 3 is 2.56 bits per heavy atom. The van der Waals surface area contributed by atoms with E-state index in [1.807, 2.05) is 0 Å². The molecule has 0 amide bonds. The predicted molar refractivity (Wildman–Crippen MR) is 41.3 cm³/mol. The number of nitrogens with two attached hydrogens (primary N) is 2. The third kappa shape index (κ3) is 1.89. The molecular formula is C5H12BrN3. The minimum absolute atomic E-state index is 0.0150. The van der Waals surface area contributed by atoms with E-state index in [1.165, 1.54) is 0 Å². The van der Waals surface area contributed by atoms with Gasteiger partial charge in [-0.2, -0.15) is 0 Å². The lowest BCUT2D eigenvalue weighted by atomic mass is 10.1. The largest absolute Gasteiger partial charge is 0.325 e. The quantitative estimate of drug-likeness (QED) is 0.449. The van der Waals surface area contributed by atoms with Gasteiger partial charge in [0.1, 0.15) is 0 Å². The van der Waals surface area contributed by atoms with Gasteiger partial charge in [0.25, 0.3) is 0 Å². The summed E-state index contributed by atoms with van der Waals surface area (Å²) >= 11 is 3.46. The van der Waals surface area contributed by atoms with Crippen LogP contribution in [0.25, 0.3) is 0 Å². The Morgan fingerprint density at radius 2 is 2.11 bits per heavy atom. The lowest BCUT2D eigenvalue weighted by molar-refractivity contribution is 0.368. The Morgan fingerprint density at radius 1 is 1.44 bits per heavy atom. The van der Waals surface area contributed by atoms with Crippen LogP contribution in [0, 0.1) is 0 Å². The zero-order valence-electron chi connectivity index (χ0n) is 5.18. The van der Waals surface area contributed by atoms with Crippen molar-refractivity contribution in [3.8, 4) is 0 Å². The first-order valence-corrected chi connectivity index (χ1v) is 4.00. The van der Waals surface area contributed by atoms with E-state index in [2.05, 4.69) is 21.2 Å². The van der Waals surface area contributed by atoms with Crippen LogP contribution in [0.15, 0.2) is 0 Å². The molecule has 0 spiro atoms. The van der Waals surface area contributed by atoms with E-state index >= 15 is 0 Å². The van der Waals surface area contributed by atoms with Crippen LogP contribution < -0.4 is 16.8 Å². The zero-order chi connectivity index (χ0) is 6.85. The highest BCUT2D eigenvalue weighted by molar-refractivity contribution is 9.09. The second-order valence-electron chi connectivity index (χ2n) is 2.43. The van der Waals surface area contributed by atoms with Gasteiger partial charge in [-0.3, -0.25) is 5.32 Å². The van der Waals surface area contributed by atoms with E-state index in [9.17, 15) is 0 Å². The fourth-order valence-electron chi connectivity index (χ4n) is 0.941. The Hall–Kier alpha value is 0.360. The molecule has 0 aliphatic carbocycles. The SMILES string of the molecule is NC1CC(Br)CNC1N. The molecule has 1 aliphatic rings. The first-order valence-electron chi connectivity index (χ1n) is 3.09. The van der Waals surface area contributed by atoms with Crippen LogP contribution in [0.3, 0.4) is 0 Å². The molecular weight excluding hydrogens is 182 g/mol. The molecule has 0 aromatic carbocycles. The van der Waals surface area contributed by atoms with Crippen LogP contribution in [0.1, 0.15) is 6.42 Å². The molecule has 1 rings (SSSR count). The molecule has 0 bridgehead atoms. The maximum atomic E-state index is 5.65. The Bertz CT molecular complexity index is 98.2. The minimum atomic E-state index is -0.0150. The first-order chi connectivity index (χ1) is 4.20. The minimum Gasteiger partial charge on any atom is -0.325 e.